The summed E-state index contributed by atoms with van der Waals surface area (Å²) in [5.41, 5.74) is 1.36. The molecule has 21 heavy (non-hydrogen) atoms. The van der Waals surface area contributed by atoms with Crippen molar-refractivity contribution in [2.24, 2.45) is 0 Å². The van der Waals surface area contributed by atoms with Gasteiger partial charge in [0.25, 0.3) is 11.8 Å². The molecule has 2 rings (SSSR count). The summed E-state index contributed by atoms with van der Waals surface area (Å²) in [6, 6.07) is 11.4. The molecule has 0 radical (unpaired) electrons. The number of benzene rings is 2. The topological polar surface area (TPSA) is 58.2 Å². The minimum absolute atomic E-state index is 0.189. The van der Waals surface area contributed by atoms with E-state index in [-0.39, 0.29) is 16.8 Å². The van der Waals surface area contributed by atoms with Crippen molar-refractivity contribution in [3.63, 3.8) is 0 Å². The Hall–Kier alpha value is -2.04. The van der Waals surface area contributed by atoms with Crippen LogP contribution in [0.3, 0.4) is 0 Å². The van der Waals surface area contributed by atoms with Gasteiger partial charge in [-0.15, -0.1) is 0 Å². The average Bonchev–Trinajstić information content (AvgIpc) is 2.50. The zero-order valence-electron chi connectivity index (χ0n) is 11.1. The van der Waals surface area contributed by atoms with E-state index in [2.05, 4.69) is 10.6 Å². The summed E-state index contributed by atoms with van der Waals surface area (Å²) >= 11 is 11.9. The highest BCUT2D eigenvalue weighted by molar-refractivity contribution is 6.44. The lowest BCUT2D eigenvalue weighted by atomic mass is 10.1. The van der Waals surface area contributed by atoms with Gasteiger partial charge in [-0.2, -0.15) is 0 Å². The Bertz CT molecular complexity index is 685. The molecule has 0 heterocycles. The molecule has 0 atom stereocenters. The third kappa shape index (κ3) is 3.54. The number of hydrogen-bond acceptors (Lipinski definition) is 2. The van der Waals surface area contributed by atoms with E-state index in [9.17, 15) is 9.59 Å². The van der Waals surface area contributed by atoms with E-state index in [4.69, 9.17) is 23.2 Å². The first-order chi connectivity index (χ1) is 10.0. The van der Waals surface area contributed by atoms with Crippen LogP contribution in [-0.2, 0) is 0 Å². The first-order valence-corrected chi connectivity index (χ1v) is 6.86. The molecule has 0 spiro atoms. The fraction of sp³-hybridized carbons (Fsp3) is 0.0667. The van der Waals surface area contributed by atoms with E-state index in [0.29, 0.717) is 21.8 Å². The second-order valence-corrected chi connectivity index (χ2v) is 5.00. The zero-order chi connectivity index (χ0) is 15.4. The van der Waals surface area contributed by atoms with Crippen molar-refractivity contribution in [2.75, 3.05) is 12.4 Å². The Morgan fingerprint density at radius 1 is 0.952 bits per heavy atom. The highest BCUT2D eigenvalue weighted by atomic mass is 35.5. The first-order valence-electron chi connectivity index (χ1n) is 6.10. The van der Waals surface area contributed by atoms with Crippen molar-refractivity contribution >= 4 is 40.7 Å². The van der Waals surface area contributed by atoms with Gasteiger partial charge in [0, 0.05) is 18.3 Å². The van der Waals surface area contributed by atoms with Crippen molar-refractivity contribution in [3.8, 4) is 0 Å². The van der Waals surface area contributed by atoms with E-state index in [1.165, 1.54) is 0 Å². The molecule has 0 saturated heterocycles. The van der Waals surface area contributed by atoms with Crippen LogP contribution < -0.4 is 10.6 Å². The molecule has 0 aliphatic carbocycles. The monoisotopic (exact) mass is 322 g/mol. The summed E-state index contributed by atoms with van der Waals surface area (Å²) in [6.45, 7) is 0. The van der Waals surface area contributed by atoms with Crippen LogP contribution >= 0.6 is 23.2 Å². The predicted octanol–water partition coefficient (Wildman–Crippen LogP) is 3.61. The molecule has 0 unspecified atom stereocenters. The van der Waals surface area contributed by atoms with Crippen molar-refractivity contribution < 1.29 is 9.59 Å². The molecular weight excluding hydrogens is 311 g/mol. The van der Waals surface area contributed by atoms with Gasteiger partial charge < -0.3 is 10.6 Å². The lowest BCUT2D eigenvalue weighted by Gasteiger charge is -2.08. The number of halogens is 2. The van der Waals surface area contributed by atoms with Gasteiger partial charge in [0.15, 0.2) is 0 Å². The Labute approximate surface area is 132 Å². The second-order valence-electron chi connectivity index (χ2n) is 4.21. The smallest absolute Gasteiger partial charge is 0.257 e. The third-order valence-electron chi connectivity index (χ3n) is 2.83. The van der Waals surface area contributed by atoms with E-state index in [0.717, 1.165) is 0 Å². The van der Waals surface area contributed by atoms with Gasteiger partial charge in [-0.3, -0.25) is 9.59 Å². The number of carbonyl (C=O) groups excluding carboxylic acids is 2. The first kappa shape index (κ1) is 15.4. The van der Waals surface area contributed by atoms with Crippen molar-refractivity contribution in [3.05, 3.63) is 63.6 Å². The number of amides is 2. The third-order valence-corrected chi connectivity index (χ3v) is 3.65. The van der Waals surface area contributed by atoms with Gasteiger partial charge in [-0.1, -0.05) is 29.3 Å². The molecule has 0 saturated carbocycles. The average molecular weight is 323 g/mol. The summed E-state index contributed by atoms with van der Waals surface area (Å²) in [5.74, 6) is -0.555. The highest BCUT2D eigenvalue weighted by Gasteiger charge is 2.13. The van der Waals surface area contributed by atoms with Crippen LogP contribution in [0.25, 0.3) is 0 Å². The minimum Gasteiger partial charge on any atom is -0.355 e. The van der Waals surface area contributed by atoms with Crippen LogP contribution in [-0.4, -0.2) is 18.9 Å². The maximum atomic E-state index is 12.1. The Morgan fingerprint density at radius 2 is 1.62 bits per heavy atom. The van der Waals surface area contributed by atoms with Gasteiger partial charge >= 0.3 is 0 Å². The SMILES string of the molecule is CNC(=O)c1ccc(NC(=O)c2cccc(Cl)c2Cl)cc1. The largest absolute Gasteiger partial charge is 0.355 e. The van der Waals surface area contributed by atoms with Crippen LogP contribution in [0.15, 0.2) is 42.5 Å². The number of rotatable bonds is 3. The fourth-order valence-electron chi connectivity index (χ4n) is 1.73. The fourth-order valence-corrected chi connectivity index (χ4v) is 2.11. The molecule has 108 valence electrons. The van der Waals surface area contributed by atoms with Crippen LogP contribution in [0, 0.1) is 0 Å². The molecule has 2 aromatic rings. The molecule has 0 bridgehead atoms. The second kappa shape index (κ2) is 6.61. The molecule has 0 fully saturated rings. The van der Waals surface area contributed by atoms with E-state index in [1.807, 2.05) is 0 Å². The van der Waals surface area contributed by atoms with Gasteiger partial charge in [0.05, 0.1) is 15.6 Å². The lowest BCUT2D eigenvalue weighted by Crippen LogP contribution is -2.18. The van der Waals surface area contributed by atoms with Crippen molar-refractivity contribution in [2.45, 2.75) is 0 Å². The lowest BCUT2D eigenvalue weighted by molar-refractivity contribution is 0.0962. The van der Waals surface area contributed by atoms with E-state index in [1.54, 1.807) is 49.5 Å². The standard InChI is InChI=1S/C15H12Cl2N2O2/c1-18-14(20)9-5-7-10(8-6-9)19-15(21)11-3-2-4-12(16)13(11)17/h2-8H,1H3,(H,18,20)(H,19,21). The summed E-state index contributed by atoms with van der Waals surface area (Å²) < 4.78 is 0. The molecule has 2 aromatic carbocycles. The number of nitrogens with one attached hydrogen (secondary N) is 2. The highest BCUT2D eigenvalue weighted by Crippen LogP contribution is 2.26. The van der Waals surface area contributed by atoms with Gasteiger partial charge in [-0.25, -0.2) is 0 Å². The van der Waals surface area contributed by atoms with E-state index >= 15 is 0 Å². The molecule has 0 aromatic heterocycles. The maximum absolute atomic E-state index is 12.1. The van der Waals surface area contributed by atoms with E-state index < -0.39 is 0 Å². The molecule has 4 nitrogen and oxygen atoms in total. The molecular formula is C15H12Cl2N2O2. The Kier molecular flexibility index (Phi) is 4.83. The maximum Gasteiger partial charge on any atom is 0.257 e. The zero-order valence-corrected chi connectivity index (χ0v) is 12.6. The van der Waals surface area contributed by atoms with Gasteiger partial charge in [-0.05, 0) is 36.4 Å². The molecule has 2 N–H and O–H groups in total. The Morgan fingerprint density at radius 3 is 2.24 bits per heavy atom. The number of carbonyl (C=O) groups is 2. The quantitative estimate of drug-likeness (QED) is 0.907. The van der Waals surface area contributed by atoms with Crippen molar-refractivity contribution in [1.29, 1.82) is 0 Å². The van der Waals surface area contributed by atoms with Gasteiger partial charge in [0.2, 0.25) is 0 Å². The summed E-state index contributed by atoms with van der Waals surface area (Å²) in [7, 11) is 1.55. The summed E-state index contributed by atoms with van der Waals surface area (Å²) in [5, 5.41) is 5.75. The molecule has 0 aliphatic heterocycles. The summed E-state index contributed by atoms with van der Waals surface area (Å²) in [4.78, 5) is 23.5. The van der Waals surface area contributed by atoms with Crippen LogP contribution in [0.2, 0.25) is 10.0 Å². The number of anilines is 1. The minimum atomic E-state index is -0.366. The molecule has 6 heteroatoms. The van der Waals surface area contributed by atoms with Gasteiger partial charge in [0.1, 0.15) is 0 Å². The molecule has 0 aliphatic rings. The predicted molar refractivity (Wildman–Crippen MR) is 84.2 cm³/mol. The normalized spacial score (nSPS) is 10.0. The molecule has 2 amide bonds. The van der Waals surface area contributed by atoms with Crippen LogP contribution in [0.5, 0.6) is 0 Å². The Balaban J connectivity index is 2.16. The summed E-state index contributed by atoms with van der Waals surface area (Å²) in [6.07, 6.45) is 0. The van der Waals surface area contributed by atoms with Crippen molar-refractivity contribution in [1.82, 2.24) is 5.32 Å². The van der Waals surface area contributed by atoms with Crippen LogP contribution in [0.4, 0.5) is 5.69 Å². The number of hydrogen-bond donors (Lipinski definition) is 2. The van der Waals surface area contributed by atoms with Crippen LogP contribution in [0.1, 0.15) is 20.7 Å².